The van der Waals surface area contributed by atoms with E-state index in [4.69, 9.17) is 16.0 Å². The van der Waals surface area contributed by atoms with Gasteiger partial charge in [-0.1, -0.05) is 11.6 Å². The van der Waals surface area contributed by atoms with E-state index in [1.807, 2.05) is 19.2 Å². The molecule has 0 unspecified atom stereocenters. The van der Waals surface area contributed by atoms with Gasteiger partial charge in [0.1, 0.15) is 11.3 Å². The van der Waals surface area contributed by atoms with Gasteiger partial charge in [0.25, 0.3) is 0 Å². The van der Waals surface area contributed by atoms with Crippen molar-refractivity contribution in [1.82, 2.24) is 9.21 Å². The van der Waals surface area contributed by atoms with Crippen LogP contribution in [0.2, 0.25) is 5.02 Å². The van der Waals surface area contributed by atoms with E-state index >= 15 is 0 Å². The first kappa shape index (κ1) is 16.5. The van der Waals surface area contributed by atoms with Crippen LogP contribution in [0.15, 0.2) is 22.0 Å². The second-order valence-corrected chi connectivity index (χ2v) is 8.40. The molecule has 1 aliphatic heterocycles. The zero-order valence-electron chi connectivity index (χ0n) is 13.3. The van der Waals surface area contributed by atoms with Crippen molar-refractivity contribution in [2.24, 2.45) is 0 Å². The van der Waals surface area contributed by atoms with Gasteiger partial charge in [0.15, 0.2) is 0 Å². The number of sulfonamides is 1. The summed E-state index contributed by atoms with van der Waals surface area (Å²) in [7, 11) is 1.60. The van der Waals surface area contributed by atoms with Gasteiger partial charge >= 0.3 is 0 Å². The summed E-state index contributed by atoms with van der Waals surface area (Å²) in [6.07, 6.45) is 2.37. The summed E-state index contributed by atoms with van der Waals surface area (Å²) in [6, 6.07) is 3.68. The number of benzene rings is 1. The van der Waals surface area contributed by atoms with E-state index in [0.717, 1.165) is 40.1 Å². The molecule has 2 aromatic rings. The minimum absolute atomic E-state index is 0.572. The minimum atomic E-state index is -3.43. The largest absolute Gasteiger partial charge is 0.456 e. The first-order chi connectivity index (χ1) is 10.8. The van der Waals surface area contributed by atoms with Crippen molar-refractivity contribution in [2.45, 2.75) is 13.0 Å². The van der Waals surface area contributed by atoms with Crippen LogP contribution >= 0.6 is 11.6 Å². The summed E-state index contributed by atoms with van der Waals surface area (Å²) in [5, 5.41) is 2.92. The van der Waals surface area contributed by atoms with Gasteiger partial charge < -0.3 is 9.32 Å². The Hall–Kier alpha value is -1.34. The van der Waals surface area contributed by atoms with Gasteiger partial charge in [-0.25, -0.2) is 12.7 Å². The number of nitrogens with zero attached hydrogens (tertiary/aromatic N) is 2. The first-order valence-corrected chi connectivity index (χ1v) is 9.19. The predicted octanol–water partition coefficient (Wildman–Crippen LogP) is 2.94. The Morgan fingerprint density at radius 3 is 2.74 bits per heavy atom. The second-order valence-electron chi connectivity index (χ2n) is 5.96. The van der Waals surface area contributed by atoms with Crippen LogP contribution in [0.25, 0.3) is 17.0 Å². The summed E-state index contributed by atoms with van der Waals surface area (Å²) >= 11 is 6.35. The number of halogens is 1. The van der Waals surface area contributed by atoms with Crippen LogP contribution in [0.1, 0.15) is 16.9 Å². The van der Waals surface area contributed by atoms with Gasteiger partial charge in [-0.2, -0.15) is 0 Å². The molecule has 0 N–H and O–H groups in total. The summed E-state index contributed by atoms with van der Waals surface area (Å²) in [4.78, 5) is 2.18. The topological polar surface area (TPSA) is 53.8 Å². The molecule has 1 aromatic heterocycles. The van der Waals surface area contributed by atoms with Crippen molar-refractivity contribution in [3.63, 3.8) is 0 Å². The quantitative estimate of drug-likeness (QED) is 0.850. The summed E-state index contributed by atoms with van der Waals surface area (Å²) < 4.78 is 31.0. The van der Waals surface area contributed by atoms with Gasteiger partial charge in [-0.05, 0) is 37.2 Å². The number of rotatable bonds is 3. The Kier molecular flexibility index (Phi) is 4.27. The minimum Gasteiger partial charge on any atom is -0.456 e. The van der Waals surface area contributed by atoms with Gasteiger partial charge in [0, 0.05) is 48.6 Å². The molecule has 0 atom stereocenters. The zero-order valence-corrected chi connectivity index (χ0v) is 14.9. The molecule has 3 rings (SSSR count). The molecule has 2 heterocycles. The second kappa shape index (κ2) is 5.94. The fraction of sp³-hybridized carbons (Fsp3) is 0.375. The lowest BCUT2D eigenvalue weighted by Crippen LogP contribution is -2.19. The van der Waals surface area contributed by atoms with Crippen molar-refractivity contribution in [2.75, 3.05) is 27.7 Å². The van der Waals surface area contributed by atoms with Crippen molar-refractivity contribution in [3.05, 3.63) is 39.5 Å². The van der Waals surface area contributed by atoms with Gasteiger partial charge in [0.05, 0.1) is 0 Å². The Morgan fingerprint density at radius 2 is 2.04 bits per heavy atom. The van der Waals surface area contributed by atoms with E-state index in [1.165, 1.54) is 29.9 Å². The highest BCUT2D eigenvalue weighted by Gasteiger charge is 2.22. The van der Waals surface area contributed by atoms with E-state index in [-0.39, 0.29) is 0 Å². The average molecular weight is 355 g/mol. The molecule has 1 aliphatic rings. The standard InChI is InChI=1S/C16H19ClN2O3S/c1-18(2)23(20,21)9-7-14-12-10-19(3)8-6-11-13(17)4-5-15(22-14)16(11)12/h4-5,7,9H,6,8,10H2,1-3H3. The van der Waals surface area contributed by atoms with Gasteiger partial charge in [-0.15, -0.1) is 0 Å². The van der Waals surface area contributed by atoms with E-state index in [1.54, 1.807) is 0 Å². The van der Waals surface area contributed by atoms with Crippen LogP contribution < -0.4 is 0 Å². The fourth-order valence-electron chi connectivity index (χ4n) is 2.78. The third-order valence-electron chi connectivity index (χ3n) is 4.11. The Bertz CT molecular complexity index is 884. The smallest absolute Gasteiger partial charge is 0.235 e. The van der Waals surface area contributed by atoms with Crippen molar-refractivity contribution < 1.29 is 12.8 Å². The Labute approximate surface area is 141 Å². The number of likely N-dealkylation sites (N-methyl/N-ethyl adjacent to an activating group) is 1. The van der Waals surface area contributed by atoms with Crippen LogP contribution in [-0.2, 0) is 23.0 Å². The molecular weight excluding hydrogens is 336 g/mol. The molecular formula is C16H19ClN2O3S. The number of hydrogen-bond acceptors (Lipinski definition) is 4. The SMILES string of the molecule is CN1CCc2c(Cl)ccc3oc(C=CS(=O)(=O)N(C)C)c(c23)C1. The lowest BCUT2D eigenvalue weighted by Gasteiger charge is -2.13. The zero-order chi connectivity index (χ0) is 16.8. The van der Waals surface area contributed by atoms with Gasteiger partial charge in [-0.3, -0.25) is 0 Å². The maximum atomic E-state index is 12.0. The molecule has 0 spiro atoms. The molecule has 0 aliphatic carbocycles. The maximum Gasteiger partial charge on any atom is 0.235 e. The molecule has 7 heteroatoms. The first-order valence-electron chi connectivity index (χ1n) is 7.31. The van der Waals surface area contributed by atoms with Crippen LogP contribution in [0.3, 0.4) is 0 Å². The van der Waals surface area contributed by atoms with Crippen molar-refractivity contribution in [1.29, 1.82) is 0 Å². The van der Waals surface area contributed by atoms with Crippen LogP contribution in [0.4, 0.5) is 0 Å². The van der Waals surface area contributed by atoms with Crippen LogP contribution in [0.5, 0.6) is 0 Å². The van der Waals surface area contributed by atoms with Crippen molar-refractivity contribution in [3.8, 4) is 0 Å². The monoisotopic (exact) mass is 354 g/mol. The number of furan rings is 1. The van der Waals surface area contributed by atoms with Crippen molar-refractivity contribution >= 4 is 38.7 Å². The number of hydrogen-bond donors (Lipinski definition) is 0. The summed E-state index contributed by atoms with van der Waals surface area (Å²) in [5.41, 5.74) is 2.81. The highest BCUT2D eigenvalue weighted by Crippen LogP contribution is 2.36. The molecule has 23 heavy (non-hydrogen) atoms. The fourth-order valence-corrected chi connectivity index (χ4v) is 3.57. The molecule has 0 amide bonds. The molecule has 0 saturated carbocycles. The average Bonchev–Trinajstić information content (AvgIpc) is 2.71. The molecule has 0 radical (unpaired) electrons. The molecule has 5 nitrogen and oxygen atoms in total. The van der Waals surface area contributed by atoms with E-state index in [9.17, 15) is 8.42 Å². The van der Waals surface area contributed by atoms with Crippen LogP contribution in [-0.4, -0.2) is 45.3 Å². The third kappa shape index (κ3) is 3.04. The molecule has 1 aromatic carbocycles. The molecule has 0 saturated heterocycles. The normalized spacial score (nSPS) is 16.6. The highest BCUT2D eigenvalue weighted by atomic mass is 35.5. The summed E-state index contributed by atoms with van der Waals surface area (Å²) in [6.45, 7) is 1.59. The van der Waals surface area contributed by atoms with Gasteiger partial charge in [0.2, 0.25) is 10.0 Å². The molecule has 124 valence electrons. The van der Waals surface area contributed by atoms with Crippen LogP contribution in [0, 0.1) is 0 Å². The highest BCUT2D eigenvalue weighted by molar-refractivity contribution is 7.92. The Morgan fingerprint density at radius 1 is 1.30 bits per heavy atom. The summed E-state index contributed by atoms with van der Waals surface area (Å²) in [5.74, 6) is 0.572. The molecule has 0 bridgehead atoms. The third-order valence-corrected chi connectivity index (χ3v) is 5.96. The van der Waals surface area contributed by atoms with E-state index < -0.39 is 10.0 Å². The lowest BCUT2D eigenvalue weighted by molar-refractivity contribution is 0.334. The predicted molar refractivity (Wildman–Crippen MR) is 92.9 cm³/mol. The van der Waals surface area contributed by atoms with E-state index in [2.05, 4.69) is 4.90 Å². The van der Waals surface area contributed by atoms with E-state index in [0.29, 0.717) is 12.3 Å². The molecule has 0 fully saturated rings. The maximum absolute atomic E-state index is 12.0. The lowest BCUT2D eigenvalue weighted by atomic mass is 10.0. The Balaban J connectivity index is 2.17.